The van der Waals surface area contributed by atoms with Crippen LogP contribution in [-0.4, -0.2) is 117 Å². The van der Waals surface area contributed by atoms with Gasteiger partial charge in [-0.05, 0) is 414 Å². The van der Waals surface area contributed by atoms with Gasteiger partial charge in [0.25, 0.3) is 0 Å². The second-order valence-electron chi connectivity index (χ2n) is 44.3. The standard InChI is InChI=1S/C18H27N.C16H23N.C14H27N.C11H21N.2C10H18O.C10H18S.C8H14O.C7H6F6/c1-12-10-9-11-13(2)16(12)19-17(5,6)14(3)15(4)18(19,7)8;1-12-13(2)16(5,6)17(15(12,3)4)14-10-8-7-9-11-14;1-10-11(2)14(8,9)15(12(3,4)5)13(10,6)7;1-8-9(2)11(5,6)12(7)10(8,3)4;1-7-8(2)11-10(5,6)9(7,3)4;2*1-7-8(2)10(5,6)11-9(7,3)4;1-6-7(2)9-5-8(6,3)4;1-3-4(2)6(10,11)7(12,13)5(3,8)9/h9-11H,1-8H3;7-11H,1-6H3;1-9H3;1-7H3;3*1-6H3;5H2,1-4H3;1-2H3. The minimum Gasteiger partial charge on any atom is -0.497 e. The van der Waals surface area contributed by atoms with E-state index in [0.717, 1.165) is 18.1 Å². The van der Waals surface area contributed by atoms with Crippen molar-refractivity contribution in [1.82, 2.24) is 9.80 Å². The van der Waals surface area contributed by atoms with Gasteiger partial charge < -0.3 is 24.0 Å². The van der Waals surface area contributed by atoms with Gasteiger partial charge in [0, 0.05) is 70.5 Å². The fraction of sp³-hybridized carbons (Fsp3) is 0.712. The molecular formula is C104H172F6N4O3S. The second-order valence-corrected chi connectivity index (χ2v) is 46.5. The van der Waals surface area contributed by atoms with Crippen molar-refractivity contribution in [3.05, 3.63) is 160 Å². The van der Waals surface area contributed by atoms with Gasteiger partial charge in [-0.3, -0.25) is 9.80 Å². The van der Waals surface area contributed by atoms with Crippen molar-refractivity contribution >= 4 is 23.1 Å². The van der Waals surface area contributed by atoms with E-state index in [1.165, 1.54) is 89.4 Å². The number of hydrogen-bond acceptors (Lipinski definition) is 8. The van der Waals surface area contributed by atoms with Crippen molar-refractivity contribution in [2.24, 2.45) is 10.8 Å². The largest absolute Gasteiger partial charge is 0.497 e. The van der Waals surface area contributed by atoms with Crippen LogP contribution in [0.15, 0.2) is 149 Å². The Morgan fingerprint density at radius 3 is 0.814 bits per heavy atom. The minimum absolute atomic E-state index is 0.0405. The lowest BCUT2D eigenvalue weighted by atomic mass is 9.74. The molecule has 0 unspecified atom stereocenters. The van der Waals surface area contributed by atoms with Gasteiger partial charge in [-0.15, -0.1) is 11.8 Å². The topological polar surface area (TPSA) is 40.7 Å². The van der Waals surface area contributed by atoms with Crippen LogP contribution in [0.5, 0.6) is 0 Å². The molecule has 674 valence electrons. The number of ether oxygens (including phenoxy) is 3. The van der Waals surface area contributed by atoms with E-state index in [2.05, 4.69) is 426 Å². The number of thioether (sulfide) groups is 1. The average Bonchev–Trinajstić information content (AvgIpc) is 1.56. The Balaban J connectivity index is 0.000000346. The van der Waals surface area contributed by atoms with Gasteiger partial charge in [-0.1, -0.05) is 97.5 Å². The molecule has 0 fully saturated rings. The third-order valence-electron chi connectivity index (χ3n) is 31.6. The van der Waals surface area contributed by atoms with Crippen LogP contribution in [0.4, 0.5) is 37.7 Å². The number of allylic oxidation sites excluding steroid dienone is 4. The molecule has 0 saturated heterocycles. The normalized spacial score (nSPS) is 25.6. The smallest absolute Gasteiger partial charge is 0.379 e. The van der Waals surface area contributed by atoms with Gasteiger partial charge in [0.1, 0.15) is 5.60 Å². The highest BCUT2D eigenvalue weighted by Crippen LogP contribution is 2.60. The molecule has 0 aromatic heterocycles. The van der Waals surface area contributed by atoms with E-state index >= 15 is 0 Å². The predicted octanol–water partition coefficient (Wildman–Crippen LogP) is 31.5. The molecule has 8 aliphatic heterocycles. The summed E-state index contributed by atoms with van der Waals surface area (Å²) in [5, 5.41) is 0. The molecule has 8 heterocycles. The summed E-state index contributed by atoms with van der Waals surface area (Å²) in [5.41, 5.74) is 25.3. The van der Waals surface area contributed by atoms with Gasteiger partial charge in [-0.2, -0.15) is 26.3 Å². The first-order chi connectivity index (χ1) is 52.0. The Kier molecular flexibility index (Phi) is 31.4. The van der Waals surface area contributed by atoms with Crippen LogP contribution in [0.25, 0.3) is 0 Å². The molecular weight excluding hydrogens is 1500 g/mol. The van der Waals surface area contributed by atoms with Crippen LogP contribution in [0.1, 0.15) is 364 Å². The first-order valence-electron chi connectivity index (χ1n) is 43.3. The number of rotatable bonds is 2. The van der Waals surface area contributed by atoms with Gasteiger partial charge >= 0.3 is 17.8 Å². The summed E-state index contributed by atoms with van der Waals surface area (Å²) >= 11 is 2.07. The van der Waals surface area contributed by atoms with Crippen molar-refractivity contribution in [3.63, 3.8) is 0 Å². The molecule has 7 nitrogen and oxygen atoms in total. The third kappa shape index (κ3) is 19.8. The first kappa shape index (κ1) is 107. The van der Waals surface area contributed by atoms with Crippen LogP contribution >= 0.6 is 11.8 Å². The van der Waals surface area contributed by atoms with E-state index in [0.29, 0.717) is 23.3 Å². The summed E-state index contributed by atoms with van der Waals surface area (Å²) in [6, 6.07) is 17.3. The maximum absolute atomic E-state index is 12.6. The van der Waals surface area contributed by atoms with Crippen molar-refractivity contribution in [1.29, 1.82) is 0 Å². The molecule has 14 heteroatoms. The highest BCUT2D eigenvalue weighted by atomic mass is 32.2. The van der Waals surface area contributed by atoms with Gasteiger partial charge in [0.05, 0.1) is 51.5 Å². The third-order valence-corrected chi connectivity index (χ3v) is 33.2. The maximum Gasteiger partial charge on any atom is 0.379 e. The lowest BCUT2D eigenvalue weighted by Gasteiger charge is -2.51. The Hall–Kier alpha value is -4.89. The predicted molar refractivity (Wildman–Crippen MR) is 503 cm³/mol. The lowest BCUT2D eigenvalue weighted by molar-refractivity contribution is -0.264. The molecule has 0 radical (unpaired) electrons. The number of anilines is 2. The van der Waals surface area contributed by atoms with E-state index in [1.54, 1.807) is 11.1 Å². The molecule has 1 aliphatic carbocycles. The molecule has 118 heavy (non-hydrogen) atoms. The summed E-state index contributed by atoms with van der Waals surface area (Å²) in [5.74, 6) is -12.6. The minimum atomic E-state index is -5.31. The SMILES string of the molecule is CC1=C(C)C(C)(C)C(C)(C)O1.CC1=C(C)C(C)(C)CO1.CC1=C(C)C(C)(C)N(C(C)(C)C)C1(C)C.CC1=C(C)C(C)(C)N(C)C1(C)C.CC1=C(C)C(C)(C)N(c2c(C)cccc2C)C1(C)C.CC1=C(C)C(C)(C)N(c2ccccc2)C1(C)C.CC1=C(C)C(C)(C)OC1(C)C.CC1=C(C)C(C)(C)SC1(C)C.CC1=C(C)C(F)(F)C(F)(F)C1(F)F. The number of likely N-dealkylation sites (N-methyl/N-ethyl adjacent to an activating group) is 1. The monoisotopic (exact) mass is 1670 g/mol. The number of halogens is 6. The highest BCUT2D eigenvalue weighted by molar-refractivity contribution is 8.02. The molecule has 0 atom stereocenters. The molecule has 11 rings (SSSR count). The fourth-order valence-electron chi connectivity index (χ4n) is 19.6. The van der Waals surface area contributed by atoms with Crippen LogP contribution < -0.4 is 9.80 Å². The zero-order chi connectivity index (χ0) is 93.7. The first-order valence-corrected chi connectivity index (χ1v) is 44.1. The van der Waals surface area contributed by atoms with Gasteiger partial charge in [0.15, 0.2) is 0 Å². The quantitative estimate of drug-likeness (QED) is 0.218. The van der Waals surface area contributed by atoms with Crippen molar-refractivity contribution in [2.75, 3.05) is 23.5 Å². The number of nitrogens with zero attached hydrogens (tertiary/aromatic N) is 4. The number of aryl methyl sites for hydroxylation is 2. The van der Waals surface area contributed by atoms with Crippen LogP contribution in [0.3, 0.4) is 0 Å². The Morgan fingerprint density at radius 1 is 0.331 bits per heavy atom. The van der Waals surface area contributed by atoms with E-state index in [-0.39, 0.29) is 77.5 Å². The molecule has 0 amide bonds. The van der Waals surface area contributed by atoms with Crippen LogP contribution in [0, 0.1) is 24.7 Å². The van der Waals surface area contributed by atoms with E-state index < -0.39 is 28.9 Å². The van der Waals surface area contributed by atoms with Crippen LogP contribution in [0.2, 0.25) is 0 Å². The van der Waals surface area contributed by atoms with Gasteiger partial charge in [-0.25, -0.2) is 0 Å². The maximum atomic E-state index is 12.6. The van der Waals surface area contributed by atoms with E-state index in [4.69, 9.17) is 14.2 Å². The number of para-hydroxylation sites is 2. The van der Waals surface area contributed by atoms with Crippen LogP contribution in [-0.2, 0) is 14.2 Å². The zero-order valence-electron chi connectivity index (χ0n) is 85.5. The van der Waals surface area contributed by atoms with Crippen molar-refractivity contribution < 1.29 is 40.6 Å². The molecule has 0 N–H and O–H groups in total. The molecule has 0 bridgehead atoms. The number of benzene rings is 2. The summed E-state index contributed by atoms with van der Waals surface area (Å²) < 4.78 is 92.9. The Morgan fingerprint density at radius 2 is 0.636 bits per heavy atom. The summed E-state index contributed by atoms with van der Waals surface area (Å²) in [4.78, 5) is 10.2. The number of alkyl halides is 6. The Bertz CT molecular complexity index is 4080. The molecule has 0 saturated carbocycles. The Labute approximate surface area is 724 Å². The number of hydrogen-bond donors (Lipinski definition) is 0. The summed E-state index contributed by atoms with van der Waals surface area (Å²) in [6.07, 6.45) is 0. The fourth-order valence-corrected chi connectivity index (χ4v) is 21.5. The summed E-state index contributed by atoms with van der Waals surface area (Å²) in [7, 11) is 2.21. The van der Waals surface area contributed by atoms with E-state index in [9.17, 15) is 26.3 Å². The highest BCUT2D eigenvalue weighted by Gasteiger charge is 2.78. The van der Waals surface area contributed by atoms with Gasteiger partial charge in [0.2, 0.25) is 0 Å². The second kappa shape index (κ2) is 34.6. The lowest BCUT2D eigenvalue weighted by Crippen LogP contribution is -2.59. The summed E-state index contributed by atoms with van der Waals surface area (Å²) in [6.45, 7) is 117. The molecule has 2 aromatic carbocycles. The molecule has 9 aliphatic rings. The van der Waals surface area contributed by atoms with E-state index in [1.807, 2.05) is 13.8 Å². The average molecular weight is 1670 g/mol. The molecule has 0 spiro atoms. The van der Waals surface area contributed by atoms with Crippen molar-refractivity contribution in [2.45, 2.75) is 461 Å². The zero-order valence-corrected chi connectivity index (χ0v) is 86.3. The molecule has 2 aromatic rings. The van der Waals surface area contributed by atoms with Crippen molar-refractivity contribution in [3.8, 4) is 0 Å².